The highest BCUT2D eigenvalue weighted by atomic mass is 79.9. The van der Waals surface area contributed by atoms with E-state index >= 15 is 0 Å². The zero-order valence-electron chi connectivity index (χ0n) is 23.5. The Morgan fingerprint density at radius 2 is 1.00 bits per heavy atom. The standard InChI is InChI=1S/C30H42Br2O8/c1-17(31)25(33)35-3-5-37-27-11-19-7-21(13-27)29(22(8-19)14-27)30(40-39-29)23-9-20-10-24(30)16-28(12-20,15-23)38-6-4-36-26(34)18(2)32/h17-24H,3-16H2,1-2H3. The summed E-state index contributed by atoms with van der Waals surface area (Å²) in [6, 6.07) is 0. The van der Waals surface area contributed by atoms with Gasteiger partial charge in [-0.2, -0.15) is 0 Å². The van der Waals surface area contributed by atoms with Gasteiger partial charge in [-0.05, 0) is 114 Å². The zero-order valence-corrected chi connectivity index (χ0v) is 26.7. The van der Waals surface area contributed by atoms with Crippen LogP contribution in [0.3, 0.4) is 0 Å². The second-order valence-corrected chi connectivity index (χ2v) is 16.8. The fourth-order valence-corrected chi connectivity index (χ4v) is 11.2. The predicted octanol–water partition coefficient (Wildman–Crippen LogP) is 5.27. The van der Waals surface area contributed by atoms with Crippen molar-refractivity contribution in [2.45, 2.75) is 110 Å². The van der Waals surface area contributed by atoms with Crippen LogP contribution in [0.25, 0.3) is 0 Å². The summed E-state index contributed by atoms with van der Waals surface area (Å²) in [6.07, 6.45) is 11.1. The van der Waals surface area contributed by atoms with Crippen molar-refractivity contribution in [1.29, 1.82) is 0 Å². The summed E-state index contributed by atoms with van der Waals surface area (Å²) in [7, 11) is 0. The van der Waals surface area contributed by atoms with Crippen LogP contribution in [0.15, 0.2) is 0 Å². The van der Waals surface area contributed by atoms with E-state index in [1.54, 1.807) is 13.8 Å². The summed E-state index contributed by atoms with van der Waals surface area (Å²) in [6.45, 7) is 5.05. The molecule has 9 rings (SSSR count). The van der Waals surface area contributed by atoms with Crippen LogP contribution < -0.4 is 0 Å². The molecule has 9 fully saturated rings. The minimum atomic E-state index is -0.301. The lowest BCUT2D eigenvalue weighted by Gasteiger charge is -2.78. The average Bonchev–Trinajstić information content (AvgIpc) is 2.87. The molecule has 8 aliphatic carbocycles. The Morgan fingerprint density at radius 3 is 1.30 bits per heavy atom. The Labute approximate surface area is 253 Å². The van der Waals surface area contributed by atoms with E-state index in [-0.39, 0.29) is 44.0 Å². The van der Waals surface area contributed by atoms with Crippen LogP contribution in [-0.4, -0.2) is 70.4 Å². The molecule has 0 N–H and O–H groups in total. The molecule has 224 valence electrons. The van der Waals surface area contributed by atoms with Crippen molar-refractivity contribution in [3.8, 4) is 0 Å². The second kappa shape index (κ2) is 10.1. The fourth-order valence-electron chi connectivity index (χ4n) is 11.0. The molecule has 0 aromatic carbocycles. The molecule has 8 bridgehead atoms. The number of carbonyl (C=O) groups is 2. The molecule has 40 heavy (non-hydrogen) atoms. The molecule has 0 aromatic rings. The maximum Gasteiger partial charge on any atom is 0.319 e. The number of hydrogen-bond acceptors (Lipinski definition) is 8. The van der Waals surface area contributed by atoms with Crippen LogP contribution >= 0.6 is 31.9 Å². The molecule has 10 heteroatoms. The summed E-state index contributed by atoms with van der Waals surface area (Å²) in [5.74, 6) is 2.63. The molecule has 8 saturated carbocycles. The topological polar surface area (TPSA) is 89.5 Å². The van der Waals surface area contributed by atoms with Gasteiger partial charge in [0, 0.05) is 0 Å². The molecule has 1 heterocycles. The van der Waals surface area contributed by atoms with Crippen LogP contribution in [0.1, 0.15) is 78.1 Å². The molecule has 2 spiro atoms. The van der Waals surface area contributed by atoms with Crippen molar-refractivity contribution in [1.82, 2.24) is 0 Å². The third-order valence-electron chi connectivity index (χ3n) is 11.7. The molecule has 9 aliphatic rings. The second-order valence-electron chi connectivity index (χ2n) is 14.1. The Hall–Kier alpha value is -0.260. The van der Waals surface area contributed by atoms with Crippen LogP contribution in [0, 0.1) is 35.5 Å². The first-order valence-electron chi connectivity index (χ1n) is 15.4. The highest BCUT2D eigenvalue weighted by Crippen LogP contribution is 2.76. The van der Waals surface area contributed by atoms with Crippen molar-refractivity contribution in [2.24, 2.45) is 35.5 Å². The van der Waals surface area contributed by atoms with E-state index in [1.165, 1.54) is 25.7 Å². The van der Waals surface area contributed by atoms with Crippen molar-refractivity contribution < 1.29 is 38.3 Å². The highest BCUT2D eigenvalue weighted by Gasteiger charge is 2.83. The van der Waals surface area contributed by atoms with Gasteiger partial charge < -0.3 is 18.9 Å². The third-order valence-corrected chi connectivity index (χ3v) is 12.5. The SMILES string of the molecule is CC(Br)C(=O)OCCOC12CC3CC(C1)C1(OOC14C1CC5CC4CC(OCCOC(=O)C(C)Br)(C5)C1)C(C3)C2. The minimum Gasteiger partial charge on any atom is -0.462 e. The first-order chi connectivity index (χ1) is 19.1. The van der Waals surface area contributed by atoms with Crippen molar-refractivity contribution in [2.75, 3.05) is 26.4 Å². The molecule has 8 nitrogen and oxygen atoms in total. The van der Waals surface area contributed by atoms with E-state index in [1.807, 2.05) is 0 Å². The van der Waals surface area contributed by atoms with E-state index < -0.39 is 0 Å². The lowest BCUT2D eigenvalue weighted by Crippen LogP contribution is -2.86. The molecule has 6 atom stereocenters. The number of carbonyl (C=O) groups excluding carboxylic acids is 2. The third kappa shape index (κ3) is 4.23. The number of halogens is 2. The van der Waals surface area contributed by atoms with Gasteiger partial charge in [0.2, 0.25) is 0 Å². The summed E-state index contributed by atoms with van der Waals surface area (Å²) in [5.41, 5.74) is -0.677. The summed E-state index contributed by atoms with van der Waals surface area (Å²) < 4.78 is 23.9. The number of rotatable bonds is 10. The van der Waals surface area contributed by atoms with Gasteiger partial charge in [0.15, 0.2) is 0 Å². The highest BCUT2D eigenvalue weighted by molar-refractivity contribution is 9.10. The first-order valence-corrected chi connectivity index (χ1v) is 17.2. The molecule has 0 aromatic heterocycles. The molecular weight excluding hydrogens is 648 g/mol. The first kappa shape index (κ1) is 28.5. The normalized spacial score (nSPS) is 48.8. The molecule has 0 radical (unpaired) electrons. The fraction of sp³-hybridized carbons (Fsp3) is 0.933. The van der Waals surface area contributed by atoms with Gasteiger partial charge in [0.1, 0.15) is 34.1 Å². The Morgan fingerprint density at radius 1 is 0.650 bits per heavy atom. The lowest BCUT2D eigenvalue weighted by atomic mass is 9.36. The number of esters is 2. The summed E-state index contributed by atoms with van der Waals surface area (Å²) >= 11 is 6.54. The maximum absolute atomic E-state index is 11.9. The maximum atomic E-state index is 11.9. The molecule has 1 aliphatic heterocycles. The lowest BCUT2D eigenvalue weighted by molar-refractivity contribution is -0.618. The van der Waals surface area contributed by atoms with Gasteiger partial charge in [-0.1, -0.05) is 31.9 Å². The predicted molar refractivity (Wildman–Crippen MR) is 151 cm³/mol. The van der Waals surface area contributed by atoms with Gasteiger partial charge in [-0.25, -0.2) is 9.78 Å². The molecule has 6 unspecified atom stereocenters. The summed E-state index contributed by atoms with van der Waals surface area (Å²) in [4.78, 5) is 36.0. The van der Waals surface area contributed by atoms with Crippen molar-refractivity contribution in [3.63, 3.8) is 0 Å². The monoisotopic (exact) mass is 688 g/mol. The average molecular weight is 690 g/mol. The van der Waals surface area contributed by atoms with Gasteiger partial charge >= 0.3 is 11.9 Å². The number of hydrogen-bond donors (Lipinski definition) is 0. The van der Waals surface area contributed by atoms with E-state index in [9.17, 15) is 9.59 Å². The Kier molecular flexibility index (Phi) is 7.23. The minimum absolute atomic E-state index is 0.130. The van der Waals surface area contributed by atoms with Crippen LogP contribution in [-0.2, 0) is 38.3 Å². The van der Waals surface area contributed by atoms with E-state index in [0.717, 1.165) is 38.5 Å². The van der Waals surface area contributed by atoms with Crippen LogP contribution in [0.5, 0.6) is 0 Å². The van der Waals surface area contributed by atoms with E-state index in [2.05, 4.69) is 31.9 Å². The summed E-state index contributed by atoms with van der Waals surface area (Å²) in [5, 5.41) is 0. The van der Waals surface area contributed by atoms with Crippen molar-refractivity contribution in [3.05, 3.63) is 0 Å². The zero-order chi connectivity index (χ0) is 27.9. The van der Waals surface area contributed by atoms with Crippen LogP contribution in [0.2, 0.25) is 0 Å². The van der Waals surface area contributed by atoms with Crippen molar-refractivity contribution >= 4 is 43.8 Å². The van der Waals surface area contributed by atoms with E-state index in [4.69, 9.17) is 28.7 Å². The van der Waals surface area contributed by atoms with Gasteiger partial charge in [-0.15, -0.1) is 0 Å². The molecular formula is C30H42Br2O8. The quantitative estimate of drug-likeness (QED) is 0.133. The van der Waals surface area contributed by atoms with Gasteiger partial charge in [-0.3, -0.25) is 9.59 Å². The van der Waals surface area contributed by atoms with Crippen LogP contribution in [0.4, 0.5) is 0 Å². The Balaban J connectivity index is 1.04. The van der Waals surface area contributed by atoms with E-state index in [0.29, 0.717) is 61.9 Å². The number of alkyl halides is 2. The smallest absolute Gasteiger partial charge is 0.319 e. The molecule has 0 amide bonds. The molecule has 1 saturated heterocycles. The van der Waals surface area contributed by atoms with Gasteiger partial charge in [0.05, 0.1) is 24.4 Å². The largest absolute Gasteiger partial charge is 0.462 e. The number of ether oxygens (including phenoxy) is 4. The Bertz CT molecular complexity index is 919. The van der Waals surface area contributed by atoms with Gasteiger partial charge in [0.25, 0.3) is 0 Å².